The number of aromatic nitrogens is 2. The van der Waals surface area contributed by atoms with E-state index in [1.165, 1.54) is 11.9 Å². The average Bonchev–Trinajstić information content (AvgIpc) is 2.36. The van der Waals surface area contributed by atoms with E-state index >= 15 is 0 Å². The number of hydrogen-bond acceptors (Lipinski definition) is 2. The maximum Gasteiger partial charge on any atom is 0.115 e. The Morgan fingerprint density at radius 1 is 0.800 bits per heavy atom. The summed E-state index contributed by atoms with van der Waals surface area (Å²) < 4.78 is 0. The van der Waals surface area contributed by atoms with Gasteiger partial charge in [0.25, 0.3) is 0 Å². The van der Waals surface area contributed by atoms with Gasteiger partial charge in [-0.05, 0) is 13.0 Å². The fraction of sp³-hybridized carbons (Fsp3) is 0.231. The third-order valence-corrected chi connectivity index (χ3v) is 1.42. The van der Waals surface area contributed by atoms with E-state index in [0.29, 0.717) is 0 Å². The Labute approximate surface area is 92.0 Å². The van der Waals surface area contributed by atoms with E-state index in [1.54, 1.807) is 18.5 Å². The van der Waals surface area contributed by atoms with Crippen molar-refractivity contribution in [3.63, 3.8) is 0 Å². The topological polar surface area (TPSA) is 25.8 Å². The van der Waals surface area contributed by atoms with Crippen molar-refractivity contribution in [3.8, 4) is 0 Å². The lowest BCUT2D eigenvalue weighted by molar-refractivity contribution is 1.17. The third-order valence-electron chi connectivity index (χ3n) is 1.42. The third kappa shape index (κ3) is 8.63. The van der Waals surface area contributed by atoms with Gasteiger partial charge in [-0.15, -0.1) is 0 Å². The Bertz CT molecular complexity index is 279. The van der Waals surface area contributed by atoms with Crippen molar-refractivity contribution in [1.29, 1.82) is 0 Å². The zero-order chi connectivity index (χ0) is 11.4. The molecule has 1 aromatic carbocycles. The summed E-state index contributed by atoms with van der Waals surface area (Å²) in [7, 11) is 0. The quantitative estimate of drug-likeness (QED) is 0.653. The van der Waals surface area contributed by atoms with Crippen molar-refractivity contribution in [2.24, 2.45) is 0 Å². The van der Waals surface area contributed by atoms with Crippen LogP contribution in [0.25, 0.3) is 0 Å². The summed E-state index contributed by atoms with van der Waals surface area (Å²) in [6.07, 6.45) is 4.88. The molecule has 0 atom stereocenters. The molecule has 0 fully saturated rings. The molecule has 0 spiro atoms. The van der Waals surface area contributed by atoms with E-state index in [2.05, 4.69) is 29.0 Å². The molecule has 2 rings (SSSR count). The summed E-state index contributed by atoms with van der Waals surface area (Å²) in [5.41, 5.74) is 1.32. The van der Waals surface area contributed by atoms with Crippen LogP contribution in [-0.2, 0) is 0 Å². The molecular weight excluding hydrogens is 184 g/mol. The largest absolute Gasteiger partial charge is 0.245 e. The standard InChI is InChI=1S/C7H8.C4H4N2.C2H6/c1-7-5-3-2-4-6-7;1-2-5-4-6-3-1;1-2/h2-6H,1H3;1-4H;1-2H3. The van der Waals surface area contributed by atoms with Gasteiger partial charge >= 0.3 is 0 Å². The smallest absolute Gasteiger partial charge is 0.115 e. The number of rotatable bonds is 0. The first-order chi connectivity index (χ1) is 7.39. The highest BCUT2D eigenvalue weighted by molar-refractivity contribution is 5.11. The highest BCUT2D eigenvalue weighted by atomic mass is 14.8. The summed E-state index contributed by atoms with van der Waals surface area (Å²) in [6.45, 7) is 6.08. The van der Waals surface area contributed by atoms with Gasteiger partial charge in [0.05, 0.1) is 0 Å². The van der Waals surface area contributed by atoms with Gasteiger partial charge in [0.2, 0.25) is 0 Å². The molecule has 2 nitrogen and oxygen atoms in total. The van der Waals surface area contributed by atoms with Crippen molar-refractivity contribution in [2.75, 3.05) is 0 Å². The molecule has 0 amide bonds. The number of aryl methyl sites for hydroxylation is 1. The van der Waals surface area contributed by atoms with Crippen LogP contribution in [0.2, 0.25) is 0 Å². The van der Waals surface area contributed by atoms with Crippen molar-refractivity contribution < 1.29 is 0 Å². The fourth-order valence-electron chi connectivity index (χ4n) is 0.788. The normalized spacial score (nSPS) is 7.67. The van der Waals surface area contributed by atoms with Crippen LogP contribution in [-0.4, -0.2) is 9.97 Å². The number of benzene rings is 1. The molecule has 0 N–H and O–H groups in total. The lowest BCUT2D eigenvalue weighted by Crippen LogP contribution is -1.66. The van der Waals surface area contributed by atoms with Gasteiger partial charge in [0, 0.05) is 12.4 Å². The molecule has 15 heavy (non-hydrogen) atoms. The highest BCUT2D eigenvalue weighted by Gasteiger charge is 1.72. The summed E-state index contributed by atoms with van der Waals surface area (Å²) in [4.78, 5) is 7.35. The summed E-state index contributed by atoms with van der Waals surface area (Å²) in [6, 6.07) is 12.0. The lowest BCUT2D eigenvalue weighted by atomic mass is 10.2. The molecular formula is C13H18N2. The van der Waals surface area contributed by atoms with Crippen LogP contribution in [0.1, 0.15) is 19.4 Å². The number of nitrogens with zero attached hydrogens (tertiary/aromatic N) is 2. The van der Waals surface area contributed by atoms with Gasteiger partial charge < -0.3 is 0 Å². The molecule has 2 heteroatoms. The summed E-state index contributed by atoms with van der Waals surface area (Å²) in [5, 5.41) is 0. The van der Waals surface area contributed by atoms with E-state index in [1.807, 2.05) is 32.0 Å². The van der Waals surface area contributed by atoms with Gasteiger partial charge in [-0.2, -0.15) is 0 Å². The van der Waals surface area contributed by atoms with Crippen LogP contribution < -0.4 is 0 Å². The first kappa shape index (κ1) is 13.3. The van der Waals surface area contributed by atoms with Crippen molar-refractivity contribution in [1.82, 2.24) is 9.97 Å². The Morgan fingerprint density at radius 2 is 1.33 bits per heavy atom. The zero-order valence-corrected chi connectivity index (χ0v) is 9.59. The average molecular weight is 202 g/mol. The van der Waals surface area contributed by atoms with Crippen LogP contribution >= 0.6 is 0 Å². The molecule has 0 bridgehead atoms. The van der Waals surface area contributed by atoms with Crippen molar-refractivity contribution in [3.05, 3.63) is 60.7 Å². The second kappa shape index (κ2) is 10.4. The minimum Gasteiger partial charge on any atom is -0.245 e. The second-order valence-electron chi connectivity index (χ2n) is 2.56. The van der Waals surface area contributed by atoms with Crippen LogP contribution in [0, 0.1) is 6.92 Å². The van der Waals surface area contributed by atoms with Gasteiger partial charge in [0.15, 0.2) is 0 Å². The first-order valence-electron chi connectivity index (χ1n) is 5.11. The predicted molar refractivity (Wildman–Crippen MR) is 64.6 cm³/mol. The van der Waals surface area contributed by atoms with E-state index in [-0.39, 0.29) is 0 Å². The molecule has 0 aliphatic heterocycles. The maximum absolute atomic E-state index is 3.67. The molecule has 0 aliphatic carbocycles. The summed E-state index contributed by atoms with van der Waals surface area (Å²) in [5.74, 6) is 0. The molecule has 1 heterocycles. The lowest BCUT2D eigenvalue weighted by Gasteiger charge is -1.82. The zero-order valence-electron chi connectivity index (χ0n) is 9.59. The molecule has 0 saturated heterocycles. The monoisotopic (exact) mass is 202 g/mol. The van der Waals surface area contributed by atoms with E-state index in [0.717, 1.165) is 0 Å². The maximum atomic E-state index is 3.67. The molecule has 0 unspecified atom stereocenters. The molecule has 0 radical (unpaired) electrons. The van der Waals surface area contributed by atoms with Gasteiger partial charge in [-0.25, -0.2) is 9.97 Å². The van der Waals surface area contributed by atoms with Gasteiger partial charge in [-0.3, -0.25) is 0 Å². The minimum atomic E-state index is 1.32. The van der Waals surface area contributed by atoms with Gasteiger partial charge in [-0.1, -0.05) is 49.7 Å². The Morgan fingerprint density at radius 3 is 1.53 bits per heavy atom. The molecule has 1 aromatic heterocycles. The Hall–Kier alpha value is -1.70. The van der Waals surface area contributed by atoms with Crippen molar-refractivity contribution >= 4 is 0 Å². The van der Waals surface area contributed by atoms with Crippen LogP contribution in [0.3, 0.4) is 0 Å². The SMILES string of the molecule is CC.Cc1ccccc1.c1cncnc1. The van der Waals surface area contributed by atoms with Crippen LogP contribution in [0.4, 0.5) is 0 Å². The molecule has 0 saturated carbocycles. The van der Waals surface area contributed by atoms with E-state index < -0.39 is 0 Å². The second-order valence-corrected chi connectivity index (χ2v) is 2.56. The van der Waals surface area contributed by atoms with E-state index in [9.17, 15) is 0 Å². The predicted octanol–water partition coefficient (Wildman–Crippen LogP) is 3.50. The Kier molecular flexibility index (Phi) is 9.20. The van der Waals surface area contributed by atoms with E-state index in [4.69, 9.17) is 0 Å². The van der Waals surface area contributed by atoms with Crippen LogP contribution in [0.15, 0.2) is 55.1 Å². The highest BCUT2D eigenvalue weighted by Crippen LogP contribution is 1.92. The first-order valence-corrected chi connectivity index (χ1v) is 5.11. The minimum absolute atomic E-state index is 1.32. The van der Waals surface area contributed by atoms with Gasteiger partial charge in [0.1, 0.15) is 6.33 Å². The Balaban J connectivity index is 0.000000227. The number of hydrogen-bond donors (Lipinski definition) is 0. The molecule has 0 aliphatic rings. The molecule has 80 valence electrons. The molecule has 2 aromatic rings. The fourth-order valence-corrected chi connectivity index (χ4v) is 0.788. The summed E-state index contributed by atoms with van der Waals surface area (Å²) >= 11 is 0. The van der Waals surface area contributed by atoms with Crippen molar-refractivity contribution in [2.45, 2.75) is 20.8 Å². The van der Waals surface area contributed by atoms with Crippen LogP contribution in [0.5, 0.6) is 0 Å².